The first-order valence-electron chi connectivity index (χ1n) is 13.3. The molecular formula is C29H41N5O2. The van der Waals surface area contributed by atoms with Crippen LogP contribution in [0.5, 0.6) is 0 Å². The van der Waals surface area contributed by atoms with Crippen molar-refractivity contribution in [2.75, 3.05) is 32.7 Å². The topological polar surface area (TPSA) is 90.7 Å². The number of likely N-dealkylation sites (tertiary alicyclic amines) is 2. The number of benzene rings is 2. The van der Waals surface area contributed by atoms with Gasteiger partial charge in [-0.25, -0.2) is 0 Å². The zero-order valence-corrected chi connectivity index (χ0v) is 21.5. The number of nitrogens with two attached hydrogens (primary N) is 1. The number of carbonyl (C=O) groups is 2. The SMILES string of the molecule is CC1CCCN(Cc2ccc(CNC(=O)C(=O)NCC3(N)CCN(Cc4ccccc4)CC3)cc2)C1. The van der Waals surface area contributed by atoms with Crippen LogP contribution in [-0.4, -0.2) is 59.9 Å². The van der Waals surface area contributed by atoms with Crippen molar-refractivity contribution in [3.63, 3.8) is 0 Å². The van der Waals surface area contributed by atoms with Crippen molar-refractivity contribution >= 4 is 11.8 Å². The van der Waals surface area contributed by atoms with Gasteiger partial charge in [0.15, 0.2) is 0 Å². The predicted molar refractivity (Wildman–Crippen MR) is 143 cm³/mol. The fourth-order valence-corrected chi connectivity index (χ4v) is 5.23. The number of amides is 2. The van der Waals surface area contributed by atoms with E-state index in [1.165, 1.54) is 24.0 Å². The largest absolute Gasteiger partial charge is 0.346 e. The third-order valence-electron chi connectivity index (χ3n) is 7.53. The first-order valence-corrected chi connectivity index (χ1v) is 13.3. The number of hydrogen-bond acceptors (Lipinski definition) is 5. The molecule has 2 saturated heterocycles. The van der Waals surface area contributed by atoms with E-state index in [1.807, 2.05) is 18.2 Å². The Morgan fingerprint density at radius 2 is 1.47 bits per heavy atom. The number of nitrogens with zero attached hydrogens (tertiary/aromatic N) is 2. The smallest absolute Gasteiger partial charge is 0.309 e. The highest BCUT2D eigenvalue weighted by Crippen LogP contribution is 2.21. The van der Waals surface area contributed by atoms with Crippen molar-refractivity contribution < 1.29 is 9.59 Å². The van der Waals surface area contributed by atoms with Gasteiger partial charge in [0.1, 0.15) is 0 Å². The molecule has 0 aliphatic carbocycles. The van der Waals surface area contributed by atoms with Gasteiger partial charge in [-0.3, -0.25) is 19.4 Å². The number of rotatable bonds is 8. The number of hydrogen-bond donors (Lipinski definition) is 3. The molecule has 0 saturated carbocycles. The van der Waals surface area contributed by atoms with Crippen molar-refractivity contribution in [2.45, 2.75) is 57.8 Å². The average Bonchev–Trinajstić information content (AvgIpc) is 2.89. The van der Waals surface area contributed by atoms with E-state index >= 15 is 0 Å². The van der Waals surface area contributed by atoms with E-state index in [0.29, 0.717) is 13.1 Å². The van der Waals surface area contributed by atoms with Crippen LogP contribution < -0.4 is 16.4 Å². The van der Waals surface area contributed by atoms with E-state index in [9.17, 15) is 9.59 Å². The molecule has 2 aromatic carbocycles. The Balaban J connectivity index is 1.15. The second-order valence-corrected chi connectivity index (χ2v) is 10.8. The van der Waals surface area contributed by atoms with Gasteiger partial charge in [0.05, 0.1) is 0 Å². The summed E-state index contributed by atoms with van der Waals surface area (Å²) in [4.78, 5) is 29.6. The molecule has 4 N–H and O–H groups in total. The van der Waals surface area contributed by atoms with Gasteiger partial charge in [-0.2, -0.15) is 0 Å². The Bertz CT molecular complexity index is 986. The fraction of sp³-hybridized carbons (Fsp3) is 0.517. The zero-order valence-electron chi connectivity index (χ0n) is 21.5. The number of piperidine rings is 2. The first-order chi connectivity index (χ1) is 17.4. The van der Waals surface area contributed by atoms with Gasteiger partial charge in [-0.05, 0) is 54.8 Å². The maximum absolute atomic E-state index is 12.4. The molecule has 2 fully saturated rings. The van der Waals surface area contributed by atoms with Gasteiger partial charge in [0.25, 0.3) is 0 Å². The molecule has 1 atom stereocenters. The second-order valence-electron chi connectivity index (χ2n) is 10.8. The minimum Gasteiger partial charge on any atom is -0.346 e. The minimum atomic E-state index is -0.623. The monoisotopic (exact) mass is 491 g/mol. The van der Waals surface area contributed by atoms with Crippen LogP contribution in [0.15, 0.2) is 54.6 Å². The van der Waals surface area contributed by atoms with E-state index in [0.717, 1.165) is 63.6 Å². The van der Waals surface area contributed by atoms with Gasteiger partial charge in [0, 0.05) is 51.4 Å². The molecule has 194 valence electrons. The Morgan fingerprint density at radius 3 is 2.17 bits per heavy atom. The van der Waals surface area contributed by atoms with Crippen LogP contribution in [0.1, 0.15) is 49.3 Å². The van der Waals surface area contributed by atoms with Crippen LogP contribution in [0.2, 0.25) is 0 Å². The second kappa shape index (κ2) is 12.5. The fourth-order valence-electron chi connectivity index (χ4n) is 5.23. The summed E-state index contributed by atoms with van der Waals surface area (Å²) in [6, 6.07) is 18.7. The van der Waals surface area contributed by atoms with Crippen molar-refractivity contribution in [1.82, 2.24) is 20.4 Å². The molecule has 4 rings (SSSR count). The van der Waals surface area contributed by atoms with Crippen LogP contribution in [0.25, 0.3) is 0 Å². The van der Waals surface area contributed by atoms with Crippen molar-refractivity contribution in [1.29, 1.82) is 0 Å². The van der Waals surface area contributed by atoms with Gasteiger partial charge in [0.2, 0.25) is 0 Å². The first kappa shape index (κ1) is 26.3. The lowest BCUT2D eigenvalue weighted by molar-refractivity contribution is -0.139. The normalized spacial score (nSPS) is 20.6. The summed E-state index contributed by atoms with van der Waals surface area (Å²) < 4.78 is 0. The summed E-state index contributed by atoms with van der Waals surface area (Å²) >= 11 is 0. The van der Waals surface area contributed by atoms with E-state index in [-0.39, 0.29) is 0 Å². The van der Waals surface area contributed by atoms with E-state index in [2.05, 4.69) is 63.8 Å². The van der Waals surface area contributed by atoms with E-state index < -0.39 is 17.4 Å². The number of nitrogens with one attached hydrogen (secondary N) is 2. The summed E-state index contributed by atoms with van der Waals surface area (Å²) in [7, 11) is 0. The highest BCUT2D eigenvalue weighted by Gasteiger charge is 2.31. The summed E-state index contributed by atoms with van der Waals surface area (Å²) in [6.07, 6.45) is 4.16. The Hall–Kier alpha value is -2.74. The van der Waals surface area contributed by atoms with Gasteiger partial charge >= 0.3 is 11.8 Å². The van der Waals surface area contributed by atoms with Crippen LogP contribution in [0, 0.1) is 5.92 Å². The van der Waals surface area contributed by atoms with E-state index in [1.54, 1.807) is 0 Å². The summed E-state index contributed by atoms with van der Waals surface area (Å²) in [5.74, 6) is -0.477. The molecule has 2 aliphatic heterocycles. The molecule has 0 aromatic heterocycles. The lowest BCUT2D eigenvalue weighted by atomic mass is 9.88. The molecule has 7 nitrogen and oxygen atoms in total. The van der Waals surface area contributed by atoms with Crippen molar-refractivity contribution in [3.8, 4) is 0 Å². The lowest BCUT2D eigenvalue weighted by Gasteiger charge is -2.39. The van der Waals surface area contributed by atoms with Gasteiger partial charge in [-0.15, -0.1) is 0 Å². The van der Waals surface area contributed by atoms with Crippen LogP contribution in [-0.2, 0) is 29.2 Å². The van der Waals surface area contributed by atoms with Gasteiger partial charge < -0.3 is 16.4 Å². The zero-order chi connectivity index (χ0) is 25.4. The summed E-state index contributed by atoms with van der Waals surface area (Å²) in [6.45, 7) is 8.89. The van der Waals surface area contributed by atoms with Crippen LogP contribution in [0.3, 0.4) is 0 Å². The molecule has 2 amide bonds. The lowest BCUT2D eigenvalue weighted by Crippen LogP contribution is -2.57. The van der Waals surface area contributed by atoms with Crippen LogP contribution >= 0.6 is 0 Å². The quantitative estimate of drug-likeness (QED) is 0.494. The van der Waals surface area contributed by atoms with Crippen molar-refractivity contribution in [3.05, 3.63) is 71.3 Å². The Kier molecular flexibility index (Phi) is 9.13. The molecule has 0 radical (unpaired) electrons. The molecule has 2 heterocycles. The summed E-state index contributed by atoms with van der Waals surface area (Å²) in [5.41, 5.74) is 9.61. The van der Waals surface area contributed by atoms with E-state index in [4.69, 9.17) is 5.73 Å². The molecule has 1 unspecified atom stereocenters. The summed E-state index contributed by atoms with van der Waals surface area (Å²) in [5, 5.41) is 5.48. The maximum Gasteiger partial charge on any atom is 0.309 e. The highest BCUT2D eigenvalue weighted by molar-refractivity contribution is 6.35. The Morgan fingerprint density at radius 1 is 0.861 bits per heavy atom. The molecule has 2 aromatic rings. The molecule has 36 heavy (non-hydrogen) atoms. The molecular weight excluding hydrogens is 450 g/mol. The predicted octanol–water partition coefficient (Wildman–Crippen LogP) is 2.64. The molecule has 0 bridgehead atoms. The third kappa shape index (κ3) is 7.88. The average molecular weight is 492 g/mol. The maximum atomic E-state index is 12.4. The number of carbonyl (C=O) groups excluding carboxylic acids is 2. The minimum absolute atomic E-state index is 0.308. The Labute approximate surface area is 215 Å². The van der Waals surface area contributed by atoms with Gasteiger partial charge in [-0.1, -0.05) is 61.5 Å². The molecule has 7 heteroatoms. The molecule has 0 spiro atoms. The highest BCUT2D eigenvalue weighted by atomic mass is 16.2. The van der Waals surface area contributed by atoms with Crippen LogP contribution in [0.4, 0.5) is 0 Å². The van der Waals surface area contributed by atoms with Crippen molar-refractivity contribution in [2.24, 2.45) is 11.7 Å². The third-order valence-corrected chi connectivity index (χ3v) is 7.53. The standard InChI is InChI=1S/C29H41N5O2/c1-23-6-5-15-34(19-23)21-26-11-9-24(10-12-26)18-31-27(35)28(36)32-22-29(30)13-16-33(17-14-29)20-25-7-3-2-4-8-25/h2-4,7-12,23H,5-6,13-22,30H2,1H3,(H,31,35)(H,32,36). The molecule has 2 aliphatic rings.